The number of halogens is 1. The fourth-order valence-corrected chi connectivity index (χ4v) is 3.96. The summed E-state index contributed by atoms with van der Waals surface area (Å²) in [4.78, 5) is 8.67. The van der Waals surface area contributed by atoms with Crippen LogP contribution in [-0.4, -0.2) is 24.9 Å². The molecule has 0 bridgehead atoms. The molecule has 3 rings (SSSR count). The Morgan fingerprint density at radius 1 is 1.00 bits per heavy atom. The van der Waals surface area contributed by atoms with Crippen molar-refractivity contribution in [3.63, 3.8) is 0 Å². The van der Waals surface area contributed by atoms with Gasteiger partial charge in [-0.25, -0.2) is 18.1 Å². The van der Waals surface area contributed by atoms with Crippen molar-refractivity contribution >= 4 is 44.8 Å². The Bertz CT molecular complexity index is 1080. The predicted octanol–water partition coefficient (Wildman–Crippen LogP) is 4.55. The Balaban J connectivity index is 1.88. The van der Waals surface area contributed by atoms with Crippen molar-refractivity contribution in [3.8, 4) is 0 Å². The molecule has 0 amide bonds. The summed E-state index contributed by atoms with van der Waals surface area (Å²) in [6.45, 7) is 4.22. The van der Waals surface area contributed by atoms with E-state index in [0.717, 1.165) is 5.69 Å². The summed E-state index contributed by atoms with van der Waals surface area (Å²) in [6, 6.07) is 16.1. The molecule has 1 heterocycles. The zero-order valence-electron chi connectivity index (χ0n) is 16.1. The fourth-order valence-electron chi connectivity index (χ4n) is 2.45. The monoisotopic (exact) mass is 431 g/mol. The van der Waals surface area contributed by atoms with E-state index >= 15 is 0 Å². The fraction of sp³-hybridized carbons (Fsp3) is 0.200. The van der Waals surface area contributed by atoms with Gasteiger partial charge < -0.3 is 10.6 Å². The quantitative estimate of drug-likeness (QED) is 0.484. The smallest absolute Gasteiger partial charge is 0.242 e. The number of anilines is 4. The summed E-state index contributed by atoms with van der Waals surface area (Å²) >= 11 is 6.24. The largest absolute Gasteiger partial charge is 0.338 e. The van der Waals surface area contributed by atoms with Gasteiger partial charge in [-0.15, -0.1) is 0 Å². The molecule has 0 spiro atoms. The molecule has 0 aliphatic carbocycles. The molecule has 0 aliphatic heterocycles. The lowest BCUT2D eigenvalue weighted by atomic mass is 10.2. The van der Waals surface area contributed by atoms with Crippen molar-refractivity contribution in [1.82, 2.24) is 14.7 Å². The van der Waals surface area contributed by atoms with Crippen LogP contribution in [0.2, 0.25) is 5.02 Å². The lowest BCUT2D eigenvalue weighted by molar-refractivity contribution is 0.560. The maximum atomic E-state index is 12.7. The van der Waals surface area contributed by atoms with E-state index < -0.39 is 10.0 Å². The SMILES string of the molecule is CC(C)CNS(=O)(=O)c1ccccc1Nc1nc(Nc2ccccc2)ncc1Cl. The van der Waals surface area contributed by atoms with Gasteiger partial charge in [0.15, 0.2) is 5.82 Å². The van der Waals surface area contributed by atoms with Crippen molar-refractivity contribution in [2.75, 3.05) is 17.2 Å². The first-order valence-corrected chi connectivity index (χ1v) is 10.9. The Labute approximate surface area is 175 Å². The summed E-state index contributed by atoms with van der Waals surface area (Å²) < 4.78 is 28.0. The van der Waals surface area contributed by atoms with Crippen molar-refractivity contribution in [1.29, 1.82) is 0 Å². The molecule has 0 fully saturated rings. The molecule has 0 unspecified atom stereocenters. The summed E-state index contributed by atoms with van der Waals surface area (Å²) in [7, 11) is -3.69. The number of nitrogens with zero attached hydrogens (tertiary/aromatic N) is 2. The lowest BCUT2D eigenvalue weighted by Gasteiger charge is -2.15. The lowest BCUT2D eigenvalue weighted by Crippen LogP contribution is -2.28. The highest BCUT2D eigenvalue weighted by Gasteiger charge is 2.19. The van der Waals surface area contributed by atoms with Crippen LogP contribution >= 0.6 is 11.6 Å². The van der Waals surface area contributed by atoms with Crippen LogP contribution in [0.1, 0.15) is 13.8 Å². The van der Waals surface area contributed by atoms with Gasteiger partial charge in [0.1, 0.15) is 9.92 Å². The van der Waals surface area contributed by atoms with Crippen LogP contribution in [0.5, 0.6) is 0 Å². The number of aromatic nitrogens is 2. The second-order valence-corrected chi connectivity index (χ2v) is 8.89. The number of hydrogen-bond donors (Lipinski definition) is 3. The highest BCUT2D eigenvalue weighted by Crippen LogP contribution is 2.28. The first-order valence-electron chi connectivity index (χ1n) is 9.05. The topological polar surface area (TPSA) is 96.0 Å². The standard InChI is InChI=1S/C20H22ClN5O2S/c1-14(2)12-23-29(27,28)18-11-7-6-10-17(18)25-19-16(21)13-22-20(26-19)24-15-8-4-3-5-9-15/h3-11,13-14,23H,12H2,1-2H3,(H2,22,24,25,26). The molecule has 2 aromatic carbocycles. The van der Waals surface area contributed by atoms with E-state index in [1.165, 1.54) is 12.3 Å². The zero-order valence-corrected chi connectivity index (χ0v) is 17.6. The van der Waals surface area contributed by atoms with Gasteiger partial charge in [-0.05, 0) is 30.2 Å². The Morgan fingerprint density at radius 3 is 2.41 bits per heavy atom. The minimum Gasteiger partial charge on any atom is -0.338 e. The molecule has 152 valence electrons. The second-order valence-electron chi connectivity index (χ2n) is 6.75. The molecule has 3 aromatic rings. The van der Waals surface area contributed by atoms with E-state index in [1.54, 1.807) is 18.2 Å². The third-order valence-electron chi connectivity index (χ3n) is 3.89. The van der Waals surface area contributed by atoms with Crippen LogP contribution in [-0.2, 0) is 10.0 Å². The van der Waals surface area contributed by atoms with Crippen LogP contribution < -0.4 is 15.4 Å². The first kappa shape index (κ1) is 21.0. The first-order chi connectivity index (χ1) is 13.8. The average molecular weight is 432 g/mol. The normalized spacial score (nSPS) is 11.4. The van der Waals surface area contributed by atoms with Gasteiger partial charge in [0.25, 0.3) is 0 Å². The number of rotatable bonds is 8. The molecule has 29 heavy (non-hydrogen) atoms. The number of hydrogen-bond acceptors (Lipinski definition) is 6. The van der Waals surface area contributed by atoms with Crippen LogP contribution in [0.4, 0.5) is 23.1 Å². The van der Waals surface area contributed by atoms with Crippen LogP contribution in [0, 0.1) is 5.92 Å². The molecule has 0 aliphatic rings. The van der Waals surface area contributed by atoms with E-state index in [0.29, 0.717) is 24.0 Å². The van der Waals surface area contributed by atoms with Crippen molar-refractivity contribution in [3.05, 3.63) is 65.8 Å². The maximum Gasteiger partial charge on any atom is 0.242 e. The van der Waals surface area contributed by atoms with Gasteiger partial charge in [0, 0.05) is 12.2 Å². The number of para-hydroxylation sites is 2. The highest BCUT2D eigenvalue weighted by atomic mass is 35.5. The van der Waals surface area contributed by atoms with E-state index in [1.807, 2.05) is 44.2 Å². The minimum absolute atomic E-state index is 0.118. The Kier molecular flexibility index (Phi) is 6.68. The van der Waals surface area contributed by atoms with Gasteiger partial charge in [-0.2, -0.15) is 4.98 Å². The minimum atomic E-state index is -3.69. The van der Waals surface area contributed by atoms with Gasteiger partial charge in [0.2, 0.25) is 16.0 Å². The van der Waals surface area contributed by atoms with E-state index in [-0.39, 0.29) is 15.8 Å². The van der Waals surface area contributed by atoms with Gasteiger partial charge in [-0.3, -0.25) is 0 Å². The van der Waals surface area contributed by atoms with Crippen LogP contribution in [0.15, 0.2) is 65.7 Å². The van der Waals surface area contributed by atoms with Gasteiger partial charge in [-0.1, -0.05) is 55.8 Å². The number of benzene rings is 2. The summed E-state index contributed by atoms with van der Waals surface area (Å²) in [5, 5.41) is 6.37. The molecule has 3 N–H and O–H groups in total. The number of sulfonamides is 1. The van der Waals surface area contributed by atoms with E-state index in [2.05, 4.69) is 25.3 Å². The van der Waals surface area contributed by atoms with Crippen LogP contribution in [0.3, 0.4) is 0 Å². The summed E-state index contributed by atoms with van der Waals surface area (Å²) in [5.74, 6) is 0.820. The number of nitrogens with one attached hydrogen (secondary N) is 3. The Morgan fingerprint density at radius 2 is 1.69 bits per heavy atom. The zero-order chi connectivity index (χ0) is 20.9. The average Bonchev–Trinajstić information content (AvgIpc) is 2.70. The van der Waals surface area contributed by atoms with E-state index in [4.69, 9.17) is 11.6 Å². The Hall–Kier alpha value is -2.68. The third-order valence-corrected chi connectivity index (χ3v) is 5.64. The van der Waals surface area contributed by atoms with Crippen molar-refractivity contribution in [2.24, 2.45) is 5.92 Å². The molecule has 0 radical (unpaired) electrons. The van der Waals surface area contributed by atoms with Crippen LogP contribution in [0.25, 0.3) is 0 Å². The molecule has 9 heteroatoms. The van der Waals surface area contributed by atoms with Crippen molar-refractivity contribution < 1.29 is 8.42 Å². The highest BCUT2D eigenvalue weighted by molar-refractivity contribution is 7.89. The van der Waals surface area contributed by atoms with E-state index in [9.17, 15) is 8.42 Å². The molecule has 0 saturated heterocycles. The molecule has 0 atom stereocenters. The molecule has 0 saturated carbocycles. The van der Waals surface area contributed by atoms with Gasteiger partial charge >= 0.3 is 0 Å². The molecule has 7 nitrogen and oxygen atoms in total. The third kappa shape index (κ3) is 5.66. The molecular formula is C20H22ClN5O2S. The van der Waals surface area contributed by atoms with Crippen molar-refractivity contribution in [2.45, 2.75) is 18.7 Å². The predicted molar refractivity (Wildman–Crippen MR) is 117 cm³/mol. The summed E-state index contributed by atoms with van der Waals surface area (Å²) in [5.41, 5.74) is 1.19. The maximum absolute atomic E-state index is 12.7. The summed E-state index contributed by atoms with van der Waals surface area (Å²) in [6.07, 6.45) is 1.45. The van der Waals surface area contributed by atoms with Gasteiger partial charge in [0.05, 0.1) is 11.9 Å². The second kappa shape index (κ2) is 9.21. The molecule has 1 aromatic heterocycles. The molecular weight excluding hydrogens is 410 g/mol.